The van der Waals surface area contributed by atoms with Crippen LogP contribution in [-0.2, 0) is 9.53 Å². The molecule has 0 amide bonds. The molecule has 0 spiro atoms. The number of ether oxygens (including phenoxy) is 1. The van der Waals surface area contributed by atoms with E-state index in [0.717, 1.165) is 25.9 Å². The van der Waals surface area contributed by atoms with Crippen molar-refractivity contribution in [3.8, 4) is 0 Å². The Hall–Kier alpha value is -0.570. The number of hydrogen-bond donors (Lipinski definition) is 1. The van der Waals surface area contributed by atoms with Gasteiger partial charge in [0, 0.05) is 13.1 Å². The standard InChI is InChI=1S/C8H13NO2/c10-8(6-2-1-3-6)11-7-4-9-5-7/h6-7,9H,1-5H2. The van der Waals surface area contributed by atoms with Crippen molar-refractivity contribution in [1.29, 1.82) is 0 Å². The Bertz CT molecular complexity index is 161. The summed E-state index contributed by atoms with van der Waals surface area (Å²) < 4.78 is 5.19. The Labute approximate surface area is 66.1 Å². The van der Waals surface area contributed by atoms with Gasteiger partial charge >= 0.3 is 5.97 Å². The van der Waals surface area contributed by atoms with Gasteiger partial charge in [-0.3, -0.25) is 4.79 Å². The molecule has 0 atom stereocenters. The average Bonchev–Trinajstić information content (AvgIpc) is 1.74. The SMILES string of the molecule is O=C(OC1CNC1)C1CCC1. The van der Waals surface area contributed by atoms with Gasteiger partial charge in [-0.25, -0.2) is 0 Å². The van der Waals surface area contributed by atoms with E-state index in [1.54, 1.807) is 0 Å². The summed E-state index contributed by atoms with van der Waals surface area (Å²) in [7, 11) is 0. The van der Waals surface area contributed by atoms with Crippen LogP contribution in [-0.4, -0.2) is 25.2 Å². The number of hydrogen-bond acceptors (Lipinski definition) is 3. The number of carbonyl (C=O) groups excluding carboxylic acids is 1. The lowest BCUT2D eigenvalue weighted by molar-refractivity contribution is -0.159. The van der Waals surface area contributed by atoms with E-state index in [2.05, 4.69) is 5.32 Å². The summed E-state index contributed by atoms with van der Waals surface area (Å²) >= 11 is 0. The van der Waals surface area contributed by atoms with Crippen LogP contribution in [0, 0.1) is 5.92 Å². The molecule has 1 saturated carbocycles. The summed E-state index contributed by atoms with van der Waals surface area (Å²) in [6, 6.07) is 0. The molecule has 2 aliphatic rings. The first-order chi connectivity index (χ1) is 5.36. The molecule has 0 aromatic carbocycles. The summed E-state index contributed by atoms with van der Waals surface area (Å²) in [6.07, 6.45) is 3.45. The molecule has 0 aromatic heterocycles. The molecule has 0 radical (unpaired) electrons. The Morgan fingerprint density at radius 1 is 1.36 bits per heavy atom. The molecule has 0 unspecified atom stereocenters. The molecule has 0 aromatic rings. The lowest BCUT2D eigenvalue weighted by Crippen LogP contribution is -2.50. The topological polar surface area (TPSA) is 38.3 Å². The zero-order valence-corrected chi connectivity index (χ0v) is 6.51. The zero-order chi connectivity index (χ0) is 7.68. The van der Waals surface area contributed by atoms with Crippen LogP contribution in [0.1, 0.15) is 19.3 Å². The summed E-state index contributed by atoms with van der Waals surface area (Å²) in [6.45, 7) is 1.69. The van der Waals surface area contributed by atoms with Gasteiger partial charge in [0.05, 0.1) is 5.92 Å². The highest BCUT2D eigenvalue weighted by Gasteiger charge is 2.30. The smallest absolute Gasteiger partial charge is 0.309 e. The minimum Gasteiger partial charge on any atom is -0.459 e. The van der Waals surface area contributed by atoms with Gasteiger partial charge in [-0.05, 0) is 12.8 Å². The monoisotopic (exact) mass is 155 g/mol. The van der Waals surface area contributed by atoms with Crippen LogP contribution in [0.15, 0.2) is 0 Å². The minimum absolute atomic E-state index is 0.0303. The average molecular weight is 155 g/mol. The van der Waals surface area contributed by atoms with E-state index >= 15 is 0 Å². The van der Waals surface area contributed by atoms with Gasteiger partial charge in [0.25, 0.3) is 0 Å². The normalized spacial score (nSPS) is 25.5. The predicted molar refractivity (Wildman–Crippen MR) is 40.1 cm³/mol. The fourth-order valence-corrected chi connectivity index (χ4v) is 1.25. The van der Waals surface area contributed by atoms with Crippen molar-refractivity contribution in [2.45, 2.75) is 25.4 Å². The summed E-state index contributed by atoms with van der Waals surface area (Å²) in [5.74, 6) is 0.262. The third-order valence-electron chi connectivity index (χ3n) is 2.47. The van der Waals surface area contributed by atoms with Crippen molar-refractivity contribution in [2.24, 2.45) is 5.92 Å². The maximum atomic E-state index is 11.2. The molecule has 0 bridgehead atoms. The van der Waals surface area contributed by atoms with Crippen LogP contribution in [0.3, 0.4) is 0 Å². The number of nitrogens with one attached hydrogen (secondary N) is 1. The Kier molecular flexibility index (Phi) is 1.82. The van der Waals surface area contributed by atoms with Crippen molar-refractivity contribution < 1.29 is 9.53 Å². The Morgan fingerprint density at radius 2 is 2.09 bits per heavy atom. The van der Waals surface area contributed by atoms with E-state index < -0.39 is 0 Å². The van der Waals surface area contributed by atoms with Crippen LogP contribution in [0.4, 0.5) is 0 Å². The summed E-state index contributed by atoms with van der Waals surface area (Å²) in [5, 5.41) is 3.06. The van der Waals surface area contributed by atoms with Gasteiger partial charge in [-0.15, -0.1) is 0 Å². The third-order valence-corrected chi connectivity index (χ3v) is 2.47. The maximum absolute atomic E-state index is 11.2. The molecule has 2 rings (SSSR count). The second-order valence-electron chi connectivity index (χ2n) is 3.34. The molecular formula is C8H13NO2. The summed E-state index contributed by atoms with van der Waals surface area (Å²) in [4.78, 5) is 11.2. The van der Waals surface area contributed by atoms with Gasteiger partial charge in [0.2, 0.25) is 0 Å². The molecule has 1 aliphatic carbocycles. The van der Waals surface area contributed by atoms with Crippen LogP contribution in [0.25, 0.3) is 0 Å². The van der Waals surface area contributed by atoms with Crippen LogP contribution < -0.4 is 5.32 Å². The van der Waals surface area contributed by atoms with Gasteiger partial charge in [0.1, 0.15) is 6.10 Å². The quantitative estimate of drug-likeness (QED) is 0.583. The highest BCUT2D eigenvalue weighted by Crippen LogP contribution is 2.27. The molecule has 1 heterocycles. The molecular weight excluding hydrogens is 142 g/mol. The van der Waals surface area contributed by atoms with Crippen molar-refractivity contribution in [1.82, 2.24) is 5.32 Å². The fourth-order valence-electron chi connectivity index (χ4n) is 1.25. The zero-order valence-electron chi connectivity index (χ0n) is 6.51. The first-order valence-corrected chi connectivity index (χ1v) is 4.27. The van der Waals surface area contributed by atoms with E-state index in [9.17, 15) is 4.79 Å². The Morgan fingerprint density at radius 3 is 2.45 bits per heavy atom. The third kappa shape index (κ3) is 1.38. The minimum atomic E-state index is 0.0303. The molecule has 1 saturated heterocycles. The van der Waals surface area contributed by atoms with Crippen molar-refractivity contribution in [2.75, 3.05) is 13.1 Å². The van der Waals surface area contributed by atoms with Gasteiger partial charge in [-0.1, -0.05) is 6.42 Å². The van der Waals surface area contributed by atoms with E-state index in [1.165, 1.54) is 6.42 Å². The highest BCUT2D eigenvalue weighted by molar-refractivity contribution is 5.73. The van der Waals surface area contributed by atoms with E-state index in [-0.39, 0.29) is 18.0 Å². The second-order valence-corrected chi connectivity index (χ2v) is 3.34. The molecule has 2 fully saturated rings. The highest BCUT2D eigenvalue weighted by atomic mass is 16.5. The first-order valence-electron chi connectivity index (χ1n) is 4.27. The lowest BCUT2D eigenvalue weighted by atomic mass is 9.85. The van der Waals surface area contributed by atoms with E-state index in [0.29, 0.717) is 0 Å². The first kappa shape index (κ1) is 7.10. The van der Waals surface area contributed by atoms with E-state index in [4.69, 9.17) is 4.74 Å². The molecule has 3 heteroatoms. The number of rotatable bonds is 2. The van der Waals surface area contributed by atoms with Crippen molar-refractivity contribution >= 4 is 5.97 Å². The maximum Gasteiger partial charge on any atom is 0.309 e. The van der Waals surface area contributed by atoms with Gasteiger partial charge < -0.3 is 10.1 Å². The van der Waals surface area contributed by atoms with E-state index in [1.807, 2.05) is 0 Å². The summed E-state index contributed by atoms with van der Waals surface area (Å²) in [5.41, 5.74) is 0. The predicted octanol–water partition coefficient (Wildman–Crippen LogP) is 0.301. The van der Waals surface area contributed by atoms with Crippen LogP contribution in [0.5, 0.6) is 0 Å². The second kappa shape index (κ2) is 2.81. The van der Waals surface area contributed by atoms with Crippen LogP contribution >= 0.6 is 0 Å². The van der Waals surface area contributed by atoms with Crippen molar-refractivity contribution in [3.05, 3.63) is 0 Å². The molecule has 62 valence electrons. The van der Waals surface area contributed by atoms with Crippen molar-refractivity contribution in [3.63, 3.8) is 0 Å². The van der Waals surface area contributed by atoms with Gasteiger partial charge in [-0.2, -0.15) is 0 Å². The number of carbonyl (C=O) groups is 1. The molecule has 11 heavy (non-hydrogen) atoms. The molecule has 1 aliphatic heterocycles. The van der Waals surface area contributed by atoms with Crippen LogP contribution in [0.2, 0.25) is 0 Å². The van der Waals surface area contributed by atoms with Gasteiger partial charge in [0.15, 0.2) is 0 Å². The largest absolute Gasteiger partial charge is 0.459 e. The number of esters is 1. The molecule has 1 N–H and O–H groups in total. The fraction of sp³-hybridized carbons (Fsp3) is 0.875. The lowest BCUT2D eigenvalue weighted by Gasteiger charge is -2.31. The molecule has 3 nitrogen and oxygen atoms in total. The Balaban J connectivity index is 1.71.